The van der Waals surface area contributed by atoms with E-state index < -0.39 is 0 Å². The molecule has 3 heterocycles. The van der Waals surface area contributed by atoms with Gasteiger partial charge in [-0.1, -0.05) is 18.2 Å². The van der Waals surface area contributed by atoms with E-state index in [1.165, 1.54) is 9.77 Å². The van der Waals surface area contributed by atoms with Gasteiger partial charge in [-0.15, -0.1) is 23.1 Å². The lowest BCUT2D eigenvalue weighted by Crippen LogP contribution is -2.31. The molecule has 0 bridgehead atoms. The number of hydrogen-bond acceptors (Lipinski definition) is 4. The molecular formula is C15H12N2OS2. The number of aliphatic imine (C=N–C) groups is 1. The number of nitrogens with zero attached hydrogens (tertiary/aromatic N) is 2. The van der Waals surface area contributed by atoms with Gasteiger partial charge in [0.25, 0.3) is 0 Å². The lowest BCUT2D eigenvalue weighted by molar-refractivity contribution is -0.125. The third-order valence-corrected chi connectivity index (χ3v) is 5.61. The van der Waals surface area contributed by atoms with E-state index in [9.17, 15) is 4.79 Å². The fourth-order valence-electron chi connectivity index (χ4n) is 2.54. The van der Waals surface area contributed by atoms with Crippen molar-refractivity contribution < 1.29 is 4.79 Å². The van der Waals surface area contributed by atoms with Gasteiger partial charge >= 0.3 is 0 Å². The Hall–Kier alpha value is -1.59. The van der Waals surface area contributed by atoms with Gasteiger partial charge in [-0.05, 0) is 23.6 Å². The van der Waals surface area contributed by atoms with Gasteiger partial charge in [-0.2, -0.15) is 0 Å². The first-order valence-corrected chi connectivity index (χ1v) is 8.24. The van der Waals surface area contributed by atoms with Crippen LogP contribution in [0, 0.1) is 0 Å². The summed E-state index contributed by atoms with van der Waals surface area (Å²) in [4.78, 5) is 21.2. The number of benzene rings is 1. The van der Waals surface area contributed by atoms with E-state index in [1.807, 2.05) is 34.5 Å². The molecule has 1 saturated heterocycles. The monoisotopic (exact) mass is 300 g/mol. The maximum Gasteiger partial charge on any atom is 0.229 e. The predicted molar refractivity (Wildman–Crippen MR) is 82.7 cm³/mol. The number of thiophene rings is 1. The van der Waals surface area contributed by atoms with Crippen LogP contribution in [0.2, 0.25) is 0 Å². The molecule has 4 rings (SSSR count). The zero-order valence-electron chi connectivity index (χ0n) is 10.7. The summed E-state index contributed by atoms with van der Waals surface area (Å²) in [5.74, 6) is 1.11. The molecule has 1 unspecified atom stereocenters. The Morgan fingerprint density at radius 2 is 2.15 bits per heavy atom. The van der Waals surface area contributed by atoms with Gasteiger partial charge in [-0.3, -0.25) is 9.69 Å². The van der Waals surface area contributed by atoms with Gasteiger partial charge < -0.3 is 0 Å². The second-order valence-electron chi connectivity index (χ2n) is 4.81. The zero-order chi connectivity index (χ0) is 13.5. The minimum absolute atomic E-state index is 0.178. The lowest BCUT2D eigenvalue weighted by atomic mass is 10.3. The summed E-state index contributed by atoms with van der Waals surface area (Å²) in [5, 5.41) is 2.22. The van der Waals surface area contributed by atoms with E-state index in [1.54, 1.807) is 23.1 Å². The molecule has 0 saturated carbocycles. The van der Waals surface area contributed by atoms with E-state index in [0.29, 0.717) is 13.0 Å². The summed E-state index contributed by atoms with van der Waals surface area (Å²) in [6, 6.07) is 12.2. The fraction of sp³-hybridized carbons (Fsp3) is 0.200. The second kappa shape index (κ2) is 4.75. The number of carbonyl (C=O) groups excluding carboxylic acids is 1. The van der Waals surface area contributed by atoms with Crippen molar-refractivity contribution in [2.45, 2.75) is 23.1 Å². The highest BCUT2D eigenvalue weighted by molar-refractivity contribution is 8.01. The number of likely N-dealkylation sites (tertiary alicyclic amines) is 1. The molecule has 1 aromatic heterocycles. The number of para-hydroxylation sites is 1. The van der Waals surface area contributed by atoms with Crippen molar-refractivity contribution in [2.24, 2.45) is 4.99 Å². The Labute approximate surface area is 125 Å². The molecule has 1 aromatic carbocycles. The highest BCUT2D eigenvalue weighted by Gasteiger charge is 2.39. The molecule has 0 N–H and O–H groups in total. The van der Waals surface area contributed by atoms with Crippen molar-refractivity contribution in [3.8, 4) is 0 Å². The van der Waals surface area contributed by atoms with Gasteiger partial charge in [0.2, 0.25) is 5.91 Å². The summed E-state index contributed by atoms with van der Waals surface area (Å²) >= 11 is 3.44. The van der Waals surface area contributed by atoms with Gasteiger partial charge in [0.1, 0.15) is 5.84 Å². The van der Waals surface area contributed by atoms with Crippen LogP contribution in [-0.2, 0) is 11.3 Å². The van der Waals surface area contributed by atoms with Crippen molar-refractivity contribution >= 4 is 40.5 Å². The maximum atomic E-state index is 12.3. The highest BCUT2D eigenvalue weighted by atomic mass is 32.2. The first kappa shape index (κ1) is 12.2. The van der Waals surface area contributed by atoms with Crippen molar-refractivity contribution in [2.75, 3.05) is 0 Å². The summed E-state index contributed by atoms with van der Waals surface area (Å²) < 4.78 is 0. The van der Waals surface area contributed by atoms with Crippen LogP contribution in [0.3, 0.4) is 0 Å². The van der Waals surface area contributed by atoms with Gasteiger partial charge in [0, 0.05) is 16.2 Å². The van der Waals surface area contributed by atoms with Gasteiger partial charge in [0.05, 0.1) is 17.5 Å². The smallest absolute Gasteiger partial charge is 0.229 e. The van der Waals surface area contributed by atoms with Crippen molar-refractivity contribution in [3.63, 3.8) is 0 Å². The Morgan fingerprint density at radius 3 is 3.00 bits per heavy atom. The van der Waals surface area contributed by atoms with Gasteiger partial charge in [0.15, 0.2) is 0 Å². The minimum Gasteiger partial charge on any atom is -0.294 e. The number of rotatable bonds is 2. The van der Waals surface area contributed by atoms with E-state index in [4.69, 9.17) is 4.99 Å². The lowest BCUT2D eigenvalue weighted by Gasteiger charge is -2.22. The number of fused-ring (bicyclic) bond motifs is 2. The number of thioether (sulfide) groups is 1. The van der Waals surface area contributed by atoms with Crippen LogP contribution in [-0.4, -0.2) is 21.9 Å². The quantitative estimate of drug-likeness (QED) is 0.847. The number of hydrogen-bond donors (Lipinski definition) is 0. The molecule has 1 fully saturated rings. The van der Waals surface area contributed by atoms with E-state index >= 15 is 0 Å². The molecule has 20 heavy (non-hydrogen) atoms. The van der Waals surface area contributed by atoms with Crippen molar-refractivity contribution in [1.29, 1.82) is 0 Å². The van der Waals surface area contributed by atoms with E-state index in [0.717, 1.165) is 11.5 Å². The first-order chi connectivity index (χ1) is 9.81. The molecule has 3 nitrogen and oxygen atoms in total. The summed E-state index contributed by atoms with van der Waals surface area (Å²) in [6.07, 6.45) is 0.559. The molecule has 1 amide bonds. The zero-order valence-corrected chi connectivity index (χ0v) is 12.3. The molecule has 0 spiro atoms. The molecule has 0 radical (unpaired) electrons. The van der Waals surface area contributed by atoms with Crippen LogP contribution in [0.5, 0.6) is 0 Å². The third-order valence-electron chi connectivity index (χ3n) is 3.49. The number of carbonyl (C=O) groups is 1. The third kappa shape index (κ3) is 1.98. The Bertz CT molecular complexity index is 694. The molecule has 1 atom stereocenters. The van der Waals surface area contributed by atoms with Crippen LogP contribution in [0.4, 0.5) is 5.69 Å². The average Bonchev–Trinajstić information content (AvgIpc) is 3.06. The van der Waals surface area contributed by atoms with Crippen LogP contribution in [0.25, 0.3) is 0 Å². The van der Waals surface area contributed by atoms with Crippen LogP contribution in [0.15, 0.2) is 51.7 Å². The maximum absolute atomic E-state index is 12.3. The fourth-order valence-corrected chi connectivity index (χ4v) is 4.44. The van der Waals surface area contributed by atoms with Crippen molar-refractivity contribution in [1.82, 2.24) is 4.90 Å². The highest BCUT2D eigenvalue weighted by Crippen LogP contribution is 2.42. The molecule has 2 aliphatic rings. The largest absolute Gasteiger partial charge is 0.294 e. The van der Waals surface area contributed by atoms with E-state index in [2.05, 4.69) is 12.1 Å². The van der Waals surface area contributed by atoms with Gasteiger partial charge in [-0.25, -0.2) is 4.99 Å². The summed E-state index contributed by atoms with van der Waals surface area (Å²) in [5.41, 5.74) is 0.981. The Morgan fingerprint density at radius 1 is 1.25 bits per heavy atom. The van der Waals surface area contributed by atoms with E-state index in [-0.39, 0.29) is 11.2 Å². The standard InChI is InChI=1S/C15H12N2OS2/c18-14-8-13-15(17(14)9-10-4-3-7-19-10)16-11-5-1-2-6-12(11)20-13/h1-7,13H,8-9H2. The Balaban J connectivity index is 1.70. The Kier molecular flexibility index (Phi) is 2.89. The predicted octanol–water partition coefficient (Wildman–Crippen LogP) is 3.68. The summed E-state index contributed by atoms with van der Waals surface area (Å²) in [7, 11) is 0. The summed E-state index contributed by atoms with van der Waals surface area (Å²) in [6.45, 7) is 0.647. The molecule has 5 heteroatoms. The molecule has 100 valence electrons. The van der Waals surface area contributed by atoms with Crippen LogP contribution in [0.1, 0.15) is 11.3 Å². The average molecular weight is 300 g/mol. The first-order valence-electron chi connectivity index (χ1n) is 6.48. The number of amides is 1. The van der Waals surface area contributed by atoms with Crippen molar-refractivity contribution in [3.05, 3.63) is 46.7 Å². The number of amidine groups is 1. The minimum atomic E-state index is 0.178. The topological polar surface area (TPSA) is 32.7 Å². The van der Waals surface area contributed by atoms with Crippen LogP contribution < -0.4 is 0 Å². The molecular weight excluding hydrogens is 288 g/mol. The molecule has 0 aliphatic carbocycles. The van der Waals surface area contributed by atoms with Crippen LogP contribution >= 0.6 is 23.1 Å². The second-order valence-corrected chi connectivity index (χ2v) is 7.08. The molecule has 2 aliphatic heterocycles. The SMILES string of the molecule is O=C1CC2Sc3ccccc3N=C2N1Cc1cccs1. The normalized spacial score (nSPS) is 20.6. The molecule has 2 aromatic rings.